The Hall–Kier alpha value is -1.72. The average molecular weight is 287 g/mol. The quantitative estimate of drug-likeness (QED) is 0.883. The van der Waals surface area contributed by atoms with Crippen LogP contribution in [0, 0.1) is 5.92 Å². The summed E-state index contributed by atoms with van der Waals surface area (Å²) in [6.07, 6.45) is 3.93. The molecule has 0 spiro atoms. The van der Waals surface area contributed by atoms with Crippen molar-refractivity contribution < 1.29 is 9.52 Å². The maximum atomic E-state index is 9.49. The number of nitrogens with zero attached hydrogens (tertiary/aromatic N) is 2. The maximum absolute atomic E-state index is 9.49. The average Bonchev–Trinajstić information content (AvgIpc) is 2.99. The van der Waals surface area contributed by atoms with Crippen LogP contribution in [0.2, 0.25) is 0 Å². The van der Waals surface area contributed by atoms with E-state index in [1.54, 1.807) is 0 Å². The van der Waals surface area contributed by atoms with Crippen molar-refractivity contribution in [2.45, 2.75) is 38.3 Å². The van der Waals surface area contributed by atoms with Gasteiger partial charge in [-0.2, -0.15) is 0 Å². The number of rotatable bonds is 5. The van der Waals surface area contributed by atoms with Crippen molar-refractivity contribution in [1.29, 1.82) is 0 Å². The molecule has 1 fully saturated rings. The number of aliphatic hydroxyl groups excluding tert-OH is 1. The van der Waals surface area contributed by atoms with E-state index in [9.17, 15) is 5.11 Å². The van der Waals surface area contributed by atoms with Gasteiger partial charge in [0.1, 0.15) is 0 Å². The summed E-state index contributed by atoms with van der Waals surface area (Å²) in [5.74, 6) is 1.82. The third-order valence-corrected chi connectivity index (χ3v) is 4.01. The van der Waals surface area contributed by atoms with Gasteiger partial charge in [-0.1, -0.05) is 18.2 Å². The molecule has 0 atom stereocenters. The van der Waals surface area contributed by atoms with Crippen molar-refractivity contribution >= 4 is 0 Å². The zero-order valence-corrected chi connectivity index (χ0v) is 12.0. The van der Waals surface area contributed by atoms with Gasteiger partial charge in [0.25, 0.3) is 0 Å². The van der Waals surface area contributed by atoms with Crippen molar-refractivity contribution in [3.05, 3.63) is 36.2 Å². The van der Waals surface area contributed by atoms with Gasteiger partial charge in [0.15, 0.2) is 0 Å². The second kappa shape index (κ2) is 6.83. The highest BCUT2D eigenvalue weighted by Crippen LogP contribution is 2.23. The van der Waals surface area contributed by atoms with E-state index in [1.807, 2.05) is 30.3 Å². The number of aliphatic hydroxyl groups is 1. The van der Waals surface area contributed by atoms with Crippen molar-refractivity contribution in [2.24, 2.45) is 5.92 Å². The number of nitrogens with one attached hydrogen (secondary N) is 1. The summed E-state index contributed by atoms with van der Waals surface area (Å²) in [5.41, 5.74) is 0.942. The van der Waals surface area contributed by atoms with Crippen molar-refractivity contribution in [3.8, 4) is 11.5 Å². The van der Waals surface area contributed by atoms with E-state index in [0.29, 0.717) is 24.2 Å². The van der Waals surface area contributed by atoms with Crippen molar-refractivity contribution in [2.75, 3.05) is 6.54 Å². The first-order chi connectivity index (χ1) is 10.3. The summed E-state index contributed by atoms with van der Waals surface area (Å²) in [5, 5.41) is 21.0. The molecule has 1 aliphatic rings. The van der Waals surface area contributed by atoms with Crippen LogP contribution in [-0.4, -0.2) is 28.0 Å². The van der Waals surface area contributed by atoms with E-state index < -0.39 is 0 Å². The molecule has 0 aliphatic heterocycles. The lowest BCUT2D eigenvalue weighted by atomic mass is 9.87. The molecule has 1 heterocycles. The normalized spacial score (nSPS) is 22.3. The second-order valence-corrected chi connectivity index (χ2v) is 5.67. The van der Waals surface area contributed by atoms with E-state index in [-0.39, 0.29) is 6.10 Å². The lowest BCUT2D eigenvalue weighted by Crippen LogP contribution is -2.27. The molecule has 112 valence electrons. The van der Waals surface area contributed by atoms with E-state index in [0.717, 1.165) is 37.8 Å². The second-order valence-electron chi connectivity index (χ2n) is 5.67. The molecule has 5 heteroatoms. The third kappa shape index (κ3) is 3.89. The fraction of sp³-hybridized carbons (Fsp3) is 0.500. The first-order valence-corrected chi connectivity index (χ1v) is 7.58. The van der Waals surface area contributed by atoms with Crippen LogP contribution in [0.3, 0.4) is 0 Å². The SMILES string of the molecule is OC1CCC(CNCc2nnc(-c3ccccc3)o2)CC1. The van der Waals surface area contributed by atoms with Gasteiger partial charge in [0, 0.05) is 5.56 Å². The summed E-state index contributed by atoms with van der Waals surface area (Å²) < 4.78 is 5.65. The van der Waals surface area contributed by atoms with Crippen LogP contribution in [0.15, 0.2) is 34.7 Å². The molecule has 0 unspecified atom stereocenters. The van der Waals surface area contributed by atoms with Gasteiger partial charge < -0.3 is 14.8 Å². The molecule has 0 amide bonds. The first-order valence-electron chi connectivity index (χ1n) is 7.58. The number of hydrogen-bond donors (Lipinski definition) is 2. The highest BCUT2D eigenvalue weighted by atomic mass is 16.4. The highest BCUT2D eigenvalue weighted by Gasteiger charge is 2.19. The zero-order chi connectivity index (χ0) is 14.5. The molecule has 3 rings (SSSR count). The van der Waals surface area contributed by atoms with E-state index >= 15 is 0 Å². The Bertz CT molecular complexity index is 548. The zero-order valence-electron chi connectivity index (χ0n) is 12.0. The van der Waals surface area contributed by atoms with Gasteiger partial charge in [-0.15, -0.1) is 10.2 Å². The third-order valence-electron chi connectivity index (χ3n) is 4.01. The van der Waals surface area contributed by atoms with Crippen LogP contribution >= 0.6 is 0 Å². The Morgan fingerprint density at radius 2 is 1.86 bits per heavy atom. The van der Waals surface area contributed by atoms with Gasteiger partial charge in [0.2, 0.25) is 11.8 Å². The molecule has 2 aromatic rings. The fourth-order valence-corrected chi connectivity index (χ4v) is 2.75. The van der Waals surface area contributed by atoms with Crippen molar-refractivity contribution in [1.82, 2.24) is 15.5 Å². The highest BCUT2D eigenvalue weighted by molar-refractivity contribution is 5.51. The number of aromatic nitrogens is 2. The molecule has 1 aliphatic carbocycles. The minimum atomic E-state index is -0.0920. The Morgan fingerprint density at radius 1 is 1.10 bits per heavy atom. The molecule has 0 saturated heterocycles. The summed E-state index contributed by atoms with van der Waals surface area (Å²) in [6.45, 7) is 1.54. The maximum Gasteiger partial charge on any atom is 0.247 e. The standard InChI is InChI=1S/C16H21N3O2/c20-14-8-6-12(7-9-14)10-17-11-15-18-19-16(21-15)13-4-2-1-3-5-13/h1-5,12,14,17,20H,6-11H2. The molecule has 21 heavy (non-hydrogen) atoms. The summed E-state index contributed by atoms with van der Waals surface area (Å²) in [4.78, 5) is 0. The minimum absolute atomic E-state index is 0.0920. The first kappa shape index (κ1) is 14.2. The van der Waals surface area contributed by atoms with Crippen LogP contribution in [-0.2, 0) is 6.54 Å². The predicted octanol–water partition coefficient (Wildman–Crippen LogP) is 2.38. The molecule has 1 aromatic heterocycles. The molecule has 5 nitrogen and oxygen atoms in total. The van der Waals surface area contributed by atoms with Crippen LogP contribution < -0.4 is 5.32 Å². The van der Waals surface area contributed by atoms with Gasteiger partial charge in [0.05, 0.1) is 12.6 Å². The predicted molar refractivity (Wildman–Crippen MR) is 79.4 cm³/mol. The Morgan fingerprint density at radius 3 is 2.62 bits per heavy atom. The lowest BCUT2D eigenvalue weighted by Gasteiger charge is -2.25. The Kier molecular flexibility index (Phi) is 4.62. The number of benzene rings is 1. The van der Waals surface area contributed by atoms with Crippen LogP contribution in [0.25, 0.3) is 11.5 Å². The topological polar surface area (TPSA) is 71.2 Å². The molecule has 1 aromatic carbocycles. The Balaban J connectivity index is 1.47. The van der Waals surface area contributed by atoms with Crippen molar-refractivity contribution in [3.63, 3.8) is 0 Å². The monoisotopic (exact) mass is 287 g/mol. The van der Waals surface area contributed by atoms with Gasteiger partial charge in [-0.25, -0.2) is 0 Å². The van der Waals surface area contributed by atoms with E-state index in [2.05, 4.69) is 15.5 Å². The number of hydrogen-bond acceptors (Lipinski definition) is 5. The van der Waals surface area contributed by atoms with E-state index in [4.69, 9.17) is 4.42 Å². The van der Waals surface area contributed by atoms with E-state index in [1.165, 1.54) is 0 Å². The van der Waals surface area contributed by atoms with Gasteiger partial charge in [-0.3, -0.25) is 0 Å². The molecule has 1 saturated carbocycles. The Labute approximate surface area is 124 Å². The molecule has 2 N–H and O–H groups in total. The smallest absolute Gasteiger partial charge is 0.247 e. The van der Waals surface area contributed by atoms with Crippen LogP contribution in [0.5, 0.6) is 0 Å². The molecule has 0 radical (unpaired) electrons. The minimum Gasteiger partial charge on any atom is -0.419 e. The summed E-state index contributed by atoms with van der Waals surface area (Å²) in [7, 11) is 0. The van der Waals surface area contributed by atoms with Gasteiger partial charge >= 0.3 is 0 Å². The lowest BCUT2D eigenvalue weighted by molar-refractivity contribution is 0.108. The summed E-state index contributed by atoms with van der Waals surface area (Å²) in [6, 6.07) is 9.78. The molecule has 0 bridgehead atoms. The largest absolute Gasteiger partial charge is 0.419 e. The molecular weight excluding hydrogens is 266 g/mol. The van der Waals surface area contributed by atoms with Gasteiger partial charge in [-0.05, 0) is 50.3 Å². The van der Waals surface area contributed by atoms with Crippen LogP contribution in [0.1, 0.15) is 31.6 Å². The molecular formula is C16H21N3O2. The fourth-order valence-electron chi connectivity index (χ4n) is 2.75. The summed E-state index contributed by atoms with van der Waals surface area (Å²) >= 11 is 0. The van der Waals surface area contributed by atoms with Crippen LogP contribution in [0.4, 0.5) is 0 Å².